The van der Waals surface area contributed by atoms with Crippen LogP contribution in [0, 0.1) is 0 Å². The van der Waals surface area contributed by atoms with Crippen molar-refractivity contribution in [3.63, 3.8) is 0 Å². The molecule has 0 bridgehead atoms. The minimum absolute atomic E-state index is 0.0293. The maximum absolute atomic E-state index is 13.3. The Labute approximate surface area is 192 Å². The summed E-state index contributed by atoms with van der Waals surface area (Å²) in [5.41, 5.74) is 2.48. The van der Waals surface area contributed by atoms with Gasteiger partial charge in [0, 0.05) is 31.5 Å². The van der Waals surface area contributed by atoms with Crippen LogP contribution in [-0.4, -0.2) is 67.2 Å². The van der Waals surface area contributed by atoms with E-state index < -0.39 is 5.54 Å². The van der Waals surface area contributed by atoms with E-state index in [0.29, 0.717) is 47.6 Å². The number of fused-ring (bicyclic) bond motifs is 1. The minimum Gasteiger partial charge on any atom is -0.380 e. The molecule has 168 valence electrons. The van der Waals surface area contributed by atoms with E-state index >= 15 is 0 Å². The predicted octanol–water partition coefficient (Wildman–Crippen LogP) is 1.13. The molecule has 2 radical (unpaired) electrons. The molecule has 0 atom stereocenters. The Morgan fingerprint density at radius 3 is 2.73 bits per heavy atom. The number of carbonyl (C=O) groups excluding carboxylic acids is 1. The first kappa shape index (κ1) is 21.8. The molecule has 1 saturated heterocycles. The minimum atomic E-state index is -0.481. The summed E-state index contributed by atoms with van der Waals surface area (Å²) in [6.45, 7) is 3.12. The molecule has 1 aromatic heterocycles. The highest BCUT2D eigenvalue weighted by Crippen LogP contribution is 2.43. The summed E-state index contributed by atoms with van der Waals surface area (Å²) < 4.78 is 12.3. The van der Waals surface area contributed by atoms with Gasteiger partial charge < -0.3 is 14.8 Å². The maximum Gasteiger partial charge on any atom is 0.265 e. The average molecular weight is 444 g/mol. The molecule has 2 aliphatic rings. The average Bonchev–Trinajstić information content (AvgIpc) is 3.63. The van der Waals surface area contributed by atoms with Crippen LogP contribution in [0.25, 0.3) is 16.6 Å². The number of nitrogens with one attached hydrogen (secondary N) is 1. The first-order valence-corrected chi connectivity index (χ1v) is 11.1. The monoisotopic (exact) mass is 444 g/mol. The Morgan fingerprint density at radius 2 is 2.00 bits per heavy atom. The number of morpholine rings is 1. The highest BCUT2D eigenvalue weighted by molar-refractivity contribution is 6.33. The Morgan fingerprint density at radius 1 is 1.21 bits per heavy atom. The summed E-state index contributed by atoms with van der Waals surface area (Å²) in [4.78, 5) is 33.1. The van der Waals surface area contributed by atoms with Crippen molar-refractivity contribution in [2.75, 3.05) is 38.7 Å². The zero-order chi connectivity index (χ0) is 23.0. The van der Waals surface area contributed by atoms with Crippen LogP contribution in [0.15, 0.2) is 47.5 Å². The summed E-state index contributed by atoms with van der Waals surface area (Å²) in [7, 11) is 7.43. The highest BCUT2D eigenvalue weighted by atomic mass is 16.5. The van der Waals surface area contributed by atoms with Gasteiger partial charge in [0.25, 0.3) is 5.56 Å². The second-order valence-corrected chi connectivity index (χ2v) is 8.56. The first-order chi connectivity index (χ1) is 16.0. The van der Waals surface area contributed by atoms with Gasteiger partial charge in [-0.3, -0.25) is 19.1 Å². The fraction of sp³-hybridized carbons (Fsp3) is 0.375. The second kappa shape index (κ2) is 8.74. The molecular formula is C24H25BN4O4. The standard InChI is InChI=1S/C24H25BN4O4/c1-32-14-16-2-4-18(29-15-26-21-12-17(25)3-5-19(21)22(29)30)13-20(16)27-23(31)24(6-7-24)28-8-10-33-11-9-28/h2-5,12-13,15H,6-11,14H2,1H3,(H,27,31). The number of nitrogens with zero attached hydrogens (tertiary/aromatic N) is 3. The van der Waals surface area contributed by atoms with Crippen molar-refractivity contribution in [2.24, 2.45) is 0 Å². The summed E-state index contributed by atoms with van der Waals surface area (Å²) in [6.07, 6.45) is 3.14. The van der Waals surface area contributed by atoms with E-state index in [1.54, 1.807) is 31.4 Å². The van der Waals surface area contributed by atoms with Crippen LogP contribution in [0.2, 0.25) is 0 Å². The van der Waals surface area contributed by atoms with Gasteiger partial charge in [-0.2, -0.15) is 0 Å². The molecule has 1 aliphatic heterocycles. The molecule has 9 heteroatoms. The van der Waals surface area contributed by atoms with Crippen molar-refractivity contribution in [2.45, 2.75) is 25.0 Å². The first-order valence-electron chi connectivity index (χ1n) is 11.1. The lowest BCUT2D eigenvalue weighted by Crippen LogP contribution is -2.51. The number of anilines is 1. The van der Waals surface area contributed by atoms with Gasteiger partial charge in [-0.1, -0.05) is 17.6 Å². The van der Waals surface area contributed by atoms with E-state index in [9.17, 15) is 9.59 Å². The van der Waals surface area contributed by atoms with Crippen LogP contribution in [0.5, 0.6) is 0 Å². The maximum atomic E-state index is 13.3. The van der Waals surface area contributed by atoms with Gasteiger partial charge in [0.2, 0.25) is 5.91 Å². The number of methoxy groups -OCH3 is 1. The zero-order valence-electron chi connectivity index (χ0n) is 18.5. The van der Waals surface area contributed by atoms with Crippen LogP contribution in [0.3, 0.4) is 0 Å². The van der Waals surface area contributed by atoms with Gasteiger partial charge >= 0.3 is 0 Å². The Bertz CT molecular complexity index is 1270. The van der Waals surface area contributed by atoms with E-state index in [0.717, 1.165) is 31.5 Å². The number of aromatic nitrogens is 2. The van der Waals surface area contributed by atoms with E-state index in [-0.39, 0.29) is 11.5 Å². The fourth-order valence-electron chi connectivity index (χ4n) is 4.47. The topological polar surface area (TPSA) is 85.7 Å². The molecule has 2 heterocycles. The number of rotatable bonds is 6. The Hall–Kier alpha value is -3.01. The van der Waals surface area contributed by atoms with Crippen molar-refractivity contribution in [3.8, 4) is 5.69 Å². The van der Waals surface area contributed by atoms with Crippen molar-refractivity contribution in [3.05, 3.63) is 58.6 Å². The Balaban J connectivity index is 1.49. The molecule has 2 aromatic carbocycles. The fourth-order valence-corrected chi connectivity index (χ4v) is 4.47. The largest absolute Gasteiger partial charge is 0.380 e. The van der Waals surface area contributed by atoms with E-state index in [2.05, 4.69) is 15.2 Å². The van der Waals surface area contributed by atoms with Crippen LogP contribution in [0.1, 0.15) is 18.4 Å². The third kappa shape index (κ3) is 4.08. The van der Waals surface area contributed by atoms with Gasteiger partial charge in [-0.05, 0) is 37.1 Å². The lowest BCUT2D eigenvalue weighted by Gasteiger charge is -2.34. The van der Waals surface area contributed by atoms with E-state index in [1.807, 2.05) is 12.1 Å². The van der Waals surface area contributed by atoms with Crippen molar-refractivity contribution >= 4 is 35.8 Å². The smallest absolute Gasteiger partial charge is 0.265 e. The van der Waals surface area contributed by atoms with Crippen LogP contribution < -0.4 is 16.3 Å². The number of amides is 1. The van der Waals surface area contributed by atoms with Crippen LogP contribution in [-0.2, 0) is 20.9 Å². The molecule has 1 aliphatic carbocycles. The number of hydrogen-bond acceptors (Lipinski definition) is 6. The summed E-state index contributed by atoms with van der Waals surface area (Å²) in [5.74, 6) is -0.0293. The summed E-state index contributed by atoms with van der Waals surface area (Å²) in [6, 6.07) is 10.5. The van der Waals surface area contributed by atoms with Gasteiger partial charge in [0.05, 0.1) is 36.4 Å². The molecule has 2 fully saturated rings. The molecule has 1 amide bonds. The molecule has 5 rings (SSSR count). The molecule has 0 unspecified atom stereocenters. The number of ether oxygens (including phenoxy) is 2. The van der Waals surface area contributed by atoms with Crippen LogP contribution >= 0.6 is 0 Å². The molecule has 0 spiro atoms. The normalized spacial score (nSPS) is 17.7. The Kier molecular flexibility index (Phi) is 5.78. The number of hydrogen-bond donors (Lipinski definition) is 1. The number of benzene rings is 2. The molecule has 1 saturated carbocycles. The molecule has 1 N–H and O–H groups in total. The number of carbonyl (C=O) groups is 1. The van der Waals surface area contributed by atoms with Gasteiger partial charge in [-0.25, -0.2) is 4.98 Å². The van der Waals surface area contributed by atoms with Crippen molar-refractivity contribution in [1.82, 2.24) is 14.5 Å². The third-order valence-electron chi connectivity index (χ3n) is 6.47. The molecule has 3 aromatic rings. The van der Waals surface area contributed by atoms with Gasteiger partial charge in [0.1, 0.15) is 19.7 Å². The second-order valence-electron chi connectivity index (χ2n) is 8.56. The summed E-state index contributed by atoms with van der Waals surface area (Å²) in [5, 5.41) is 3.59. The third-order valence-corrected chi connectivity index (χ3v) is 6.47. The van der Waals surface area contributed by atoms with E-state index in [1.165, 1.54) is 10.9 Å². The van der Waals surface area contributed by atoms with Gasteiger partial charge in [0.15, 0.2) is 0 Å². The van der Waals surface area contributed by atoms with E-state index in [4.69, 9.17) is 17.3 Å². The van der Waals surface area contributed by atoms with Gasteiger partial charge in [-0.15, -0.1) is 0 Å². The lowest BCUT2D eigenvalue weighted by atomic mass is 9.95. The highest BCUT2D eigenvalue weighted by Gasteiger charge is 2.54. The zero-order valence-corrected chi connectivity index (χ0v) is 18.5. The lowest BCUT2D eigenvalue weighted by molar-refractivity contribution is -0.124. The van der Waals surface area contributed by atoms with Crippen molar-refractivity contribution < 1.29 is 14.3 Å². The van der Waals surface area contributed by atoms with Crippen molar-refractivity contribution in [1.29, 1.82) is 0 Å². The van der Waals surface area contributed by atoms with Crippen LogP contribution in [0.4, 0.5) is 5.69 Å². The predicted molar refractivity (Wildman–Crippen MR) is 126 cm³/mol. The molecule has 33 heavy (non-hydrogen) atoms. The quantitative estimate of drug-likeness (QED) is 0.574. The summed E-state index contributed by atoms with van der Waals surface area (Å²) >= 11 is 0. The molecular weight excluding hydrogens is 419 g/mol. The SMILES string of the molecule is [B]c1ccc2c(=O)n(-c3ccc(COC)c(NC(=O)C4(N5CCOCC5)CC4)c3)cnc2c1. The molecule has 8 nitrogen and oxygen atoms in total.